The Morgan fingerprint density at radius 3 is 2.31 bits per heavy atom. The highest BCUT2D eigenvalue weighted by atomic mass is 16.6. The van der Waals surface area contributed by atoms with Crippen molar-refractivity contribution < 1.29 is 47.7 Å². The van der Waals surface area contributed by atoms with Crippen LogP contribution in [0.2, 0.25) is 0 Å². The minimum Gasteiger partial charge on any atom is -0.487 e. The van der Waals surface area contributed by atoms with E-state index >= 15 is 0 Å². The zero-order valence-corrected chi connectivity index (χ0v) is 15.7. The molecule has 1 heterocycles. The Kier molecular flexibility index (Phi) is 3.49. The molecule has 0 aliphatic rings. The summed E-state index contributed by atoms with van der Waals surface area (Å²) in [4.78, 5) is 29.2. The molecule has 0 aliphatic carbocycles. The van der Waals surface area contributed by atoms with Gasteiger partial charge in [-0.25, -0.2) is 4.98 Å². The second-order valence-electron chi connectivity index (χ2n) is 6.46. The van der Waals surface area contributed by atoms with Gasteiger partial charge >= 0.3 is 5.97 Å². The lowest BCUT2D eigenvalue weighted by atomic mass is 9.98. The van der Waals surface area contributed by atoms with Gasteiger partial charge in [-0.15, -0.1) is 0 Å². The van der Waals surface area contributed by atoms with Crippen LogP contribution in [-0.4, -0.2) is 55.8 Å². The van der Waals surface area contributed by atoms with Gasteiger partial charge in [-0.2, -0.15) is 0 Å². The molecule has 1 aromatic carbocycles. The number of benzene rings is 1. The number of aromatic nitrogens is 2. The van der Waals surface area contributed by atoms with Crippen LogP contribution in [0.25, 0.3) is 10.9 Å². The second kappa shape index (κ2) is 10.2. The van der Waals surface area contributed by atoms with Crippen molar-refractivity contribution in [2.75, 3.05) is 40.3 Å². The number of rotatable bonds is 10. The van der Waals surface area contributed by atoms with E-state index in [2.05, 4.69) is 14.5 Å². The Labute approximate surface area is 189 Å². The highest BCUT2D eigenvalue weighted by Crippen LogP contribution is 2.30. The van der Waals surface area contributed by atoms with Crippen LogP contribution in [0, 0.1) is 5.41 Å². The second-order valence-corrected chi connectivity index (χ2v) is 6.46. The number of hydrogen-bond acceptors (Lipinski definition) is 8. The van der Waals surface area contributed by atoms with Crippen molar-refractivity contribution in [2.24, 2.45) is 5.41 Å². The number of ether oxygens (including phenoxy) is 5. The van der Waals surface area contributed by atoms with Gasteiger partial charge in [-0.3, -0.25) is 14.2 Å². The van der Waals surface area contributed by atoms with Crippen molar-refractivity contribution in [3.63, 3.8) is 0 Å². The summed E-state index contributed by atoms with van der Waals surface area (Å²) in [7, 11) is -6.89. The van der Waals surface area contributed by atoms with Crippen LogP contribution in [0.1, 0.15) is 40.0 Å². The van der Waals surface area contributed by atoms with Gasteiger partial charge in [0.25, 0.3) is 5.56 Å². The monoisotopic (exact) mass is 422 g/mol. The highest BCUT2D eigenvalue weighted by molar-refractivity contribution is 5.81. The van der Waals surface area contributed by atoms with E-state index in [1.54, 1.807) is 20.8 Å². The zero-order valence-electron chi connectivity index (χ0n) is 29.7. The minimum atomic E-state index is -3.71. The molecule has 2 rings (SSSR count). The summed E-state index contributed by atoms with van der Waals surface area (Å²) in [5.74, 6) is -2.60. The first-order valence-electron chi connectivity index (χ1n) is 15.0. The summed E-state index contributed by atoms with van der Waals surface area (Å²) in [6, 6.07) is 1.46. The van der Waals surface area contributed by atoms with Crippen LogP contribution in [0.5, 0.6) is 11.5 Å². The van der Waals surface area contributed by atoms with E-state index in [9.17, 15) is 9.59 Å². The van der Waals surface area contributed by atoms with Gasteiger partial charge in [0.1, 0.15) is 19.4 Å². The Morgan fingerprint density at radius 2 is 1.72 bits per heavy atom. The van der Waals surface area contributed by atoms with Crippen molar-refractivity contribution in [1.29, 1.82) is 0 Å². The first kappa shape index (κ1) is 9.90. The predicted molar refractivity (Wildman–Crippen MR) is 106 cm³/mol. The average molecular weight is 423 g/mol. The van der Waals surface area contributed by atoms with Crippen LogP contribution in [-0.2, 0) is 25.7 Å². The third-order valence-electron chi connectivity index (χ3n) is 3.34. The molecule has 0 amide bonds. The van der Waals surface area contributed by atoms with Crippen molar-refractivity contribution in [1.82, 2.24) is 9.55 Å². The summed E-state index contributed by atoms with van der Waals surface area (Å²) in [6.07, 6.45) is 0.929. The topological polar surface area (TPSA) is 98.1 Å². The number of fused-ring (bicyclic) bond motifs is 1. The maximum atomic E-state index is 13.2. The summed E-state index contributed by atoms with van der Waals surface area (Å²) in [5, 5.41) is -0.410. The maximum absolute atomic E-state index is 13.2. The van der Waals surface area contributed by atoms with Crippen LogP contribution < -0.4 is 15.0 Å². The van der Waals surface area contributed by atoms with E-state index in [1.165, 1.54) is 0 Å². The normalized spacial score (nSPS) is 21.5. The molecule has 0 spiro atoms. The number of carbonyl (C=O) groups is 1. The van der Waals surface area contributed by atoms with Gasteiger partial charge in [-0.1, -0.05) is 0 Å². The molecule has 0 bridgehead atoms. The van der Waals surface area contributed by atoms with E-state index in [0.29, 0.717) is 6.07 Å². The van der Waals surface area contributed by atoms with Crippen LogP contribution in [0.3, 0.4) is 0 Å². The Morgan fingerprint density at radius 1 is 1.10 bits per heavy atom. The molecule has 0 aliphatic heterocycles. The van der Waals surface area contributed by atoms with E-state index in [-0.39, 0.29) is 5.52 Å². The lowest BCUT2D eigenvalue weighted by Gasteiger charge is -2.17. The third kappa shape index (κ3) is 6.16. The standard InChI is InChI=1S/C20H28N2O7/c1-20(2,3)19(24)29-13-22-12-21-15-11-17(28-9-7-26-5)16(27-8-6-25-4)10-14(15)18(22)23/h10-12H,6-9,13H2,1-5H3/i4D3,5D3,6D2,7D2,8D2,9D2. The summed E-state index contributed by atoms with van der Waals surface area (Å²) in [6.45, 7) is -10.7. The molecule has 0 N–H and O–H groups in total. The third-order valence-corrected chi connectivity index (χ3v) is 3.34. The molecule has 0 fully saturated rings. The molecular weight excluding hydrogens is 380 g/mol. The van der Waals surface area contributed by atoms with Crippen molar-refractivity contribution in [3.05, 3.63) is 28.8 Å². The molecule has 29 heavy (non-hydrogen) atoms. The number of methoxy groups -OCH3 is 2. The first-order valence-corrected chi connectivity index (χ1v) is 7.97. The fourth-order valence-electron chi connectivity index (χ4n) is 1.96. The van der Waals surface area contributed by atoms with Crippen molar-refractivity contribution in [3.8, 4) is 11.5 Å². The van der Waals surface area contributed by atoms with Gasteiger partial charge in [-0.05, 0) is 26.8 Å². The number of hydrogen-bond donors (Lipinski definition) is 0. The van der Waals surface area contributed by atoms with E-state index in [1.807, 2.05) is 0 Å². The lowest BCUT2D eigenvalue weighted by molar-refractivity contribution is -0.157. The molecule has 1 aromatic heterocycles. The largest absolute Gasteiger partial charge is 0.487 e. The molecule has 160 valence electrons. The quantitative estimate of drug-likeness (QED) is 0.536. The fourth-order valence-corrected chi connectivity index (χ4v) is 1.96. The molecule has 0 unspecified atom stereocenters. The smallest absolute Gasteiger partial charge is 0.312 e. The summed E-state index contributed by atoms with van der Waals surface area (Å²) < 4.78 is 130. The molecule has 0 atom stereocenters. The van der Waals surface area contributed by atoms with Crippen LogP contribution in [0.4, 0.5) is 0 Å². The average Bonchev–Trinajstić information content (AvgIpc) is 2.74. The maximum Gasteiger partial charge on any atom is 0.312 e. The minimum absolute atomic E-state index is 0.291. The van der Waals surface area contributed by atoms with Gasteiger partial charge in [0, 0.05) is 20.1 Å². The van der Waals surface area contributed by atoms with Gasteiger partial charge in [0.05, 0.1) is 48.6 Å². The van der Waals surface area contributed by atoms with Crippen LogP contribution >= 0.6 is 0 Å². The molecular formula is C20H28N2O7. The number of carbonyl (C=O) groups excluding carboxylic acids is 1. The predicted octanol–water partition coefficient (Wildman–Crippen LogP) is 1.99. The first-order chi connectivity index (χ1) is 19.0. The summed E-state index contributed by atoms with van der Waals surface area (Å²) >= 11 is 0. The fraction of sp³-hybridized carbons (Fsp3) is 0.550. The number of esters is 1. The van der Waals surface area contributed by atoms with E-state index in [0.717, 1.165) is 17.0 Å². The Hall–Kier alpha value is -2.65. The molecule has 9 nitrogen and oxygen atoms in total. The Balaban J connectivity index is 2.70. The SMILES string of the molecule is [2H]C([2H])([2H])OC([2H])([2H])C([2H])([2H])Oc1cc2ncn(COC(=O)C(C)(C)C)c(=O)c2cc1OC([2H])([2H])C([2H])([2H])OC([2H])([2H])[2H]. The van der Waals surface area contributed by atoms with E-state index < -0.39 is 80.9 Å². The van der Waals surface area contributed by atoms with E-state index in [4.69, 9.17) is 33.4 Å². The van der Waals surface area contributed by atoms with Gasteiger partial charge < -0.3 is 23.7 Å². The number of nitrogens with zero attached hydrogens (tertiary/aromatic N) is 2. The molecule has 0 saturated carbocycles. The molecule has 9 heteroatoms. The molecule has 0 saturated heterocycles. The molecule has 0 radical (unpaired) electrons. The summed E-state index contributed by atoms with van der Waals surface area (Å²) in [5.41, 5.74) is -2.13. The Bertz CT molecular complexity index is 1400. The van der Waals surface area contributed by atoms with Gasteiger partial charge in [0.15, 0.2) is 18.2 Å². The molecule has 2 aromatic rings. The van der Waals surface area contributed by atoms with Crippen LogP contribution in [0.15, 0.2) is 23.3 Å². The van der Waals surface area contributed by atoms with Crippen molar-refractivity contribution in [2.45, 2.75) is 27.5 Å². The zero-order chi connectivity index (χ0) is 33.6. The lowest BCUT2D eigenvalue weighted by Crippen LogP contribution is -2.28. The highest BCUT2D eigenvalue weighted by Gasteiger charge is 2.23. The van der Waals surface area contributed by atoms with Gasteiger partial charge in [0.2, 0.25) is 0 Å². The van der Waals surface area contributed by atoms with Crippen molar-refractivity contribution >= 4 is 16.9 Å².